The molecule has 1 aromatic heterocycles. The van der Waals surface area contributed by atoms with Crippen molar-refractivity contribution in [3.8, 4) is 0 Å². The van der Waals surface area contributed by atoms with Crippen LogP contribution in [0.3, 0.4) is 0 Å². The number of rotatable bonds is 6. The van der Waals surface area contributed by atoms with Crippen molar-refractivity contribution in [2.24, 2.45) is 0 Å². The van der Waals surface area contributed by atoms with Crippen molar-refractivity contribution < 1.29 is 9.85 Å². The maximum absolute atomic E-state index is 11.0. The fraction of sp³-hybridized carbons (Fsp3) is 0.154. The zero-order valence-electron chi connectivity index (χ0n) is 10.9. The minimum absolute atomic E-state index is 0.259. The molecule has 0 fully saturated rings. The van der Waals surface area contributed by atoms with E-state index in [1.54, 1.807) is 12.4 Å². The average Bonchev–Trinajstić information content (AvgIpc) is 2.48. The lowest BCUT2D eigenvalue weighted by Gasteiger charge is -2.06. The third-order valence-electron chi connectivity index (χ3n) is 2.84. The summed E-state index contributed by atoms with van der Waals surface area (Å²) in [6, 6.07) is 7.24. The van der Waals surface area contributed by atoms with Gasteiger partial charge in [-0.3, -0.25) is 25.2 Å². The van der Waals surface area contributed by atoms with Crippen molar-refractivity contribution in [1.29, 1.82) is 0 Å². The Hall–Kier alpha value is -3.03. The number of nitro groups is 2. The van der Waals surface area contributed by atoms with Gasteiger partial charge in [0.15, 0.2) is 0 Å². The highest BCUT2D eigenvalue weighted by Gasteiger charge is 2.18. The maximum atomic E-state index is 11.0. The van der Waals surface area contributed by atoms with Crippen LogP contribution in [0, 0.1) is 20.2 Å². The summed E-state index contributed by atoms with van der Waals surface area (Å²) in [5, 5.41) is 24.5. The Morgan fingerprint density at radius 1 is 1.14 bits per heavy atom. The predicted molar refractivity (Wildman–Crippen MR) is 76.2 cm³/mol. The van der Waals surface area contributed by atoms with Gasteiger partial charge in [-0.15, -0.1) is 0 Å². The molecule has 0 saturated carbocycles. The monoisotopic (exact) mass is 288 g/mol. The lowest BCUT2D eigenvalue weighted by Crippen LogP contribution is -2.07. The van der Waals surface area contributed by atoms with Gasteiger partial charge in [-0.2, -0.15) is 0 Å². The summed E-state index contributed by atoms with van der Waals surface area (Å²) in [6.07, 6.45) is 4.02. The minimum Gasteiger partial charge on any atom is -0.379 e. The van der Waals surface area contributed by atoms with Gasteiger partial charge in [-0.25, -0.2) is 0 Å². The summed E-state index contributed by atoms with van der Waals surface area (Å²) in [4.78, 5) is 24.3. The fourth-order valence-electron chi connectivity index (χ4n) is 1.82. The smallest absolute Gasteiger partial charge is 0.299 e. The highest BCUT2D eigenvalue weighted by Crippen LogP contribution is 2.28. The van der Waals surface area contributed by atoms with Gasteiger partial charge in [-0.05, 0) is 24.1 Å². The summed E-state index contributed by atoms with van der Waals surface area (Å²) in [5.41, 5.74) is 0.638. The lowest BCUT2D eigenvalue weighted by molar-refractivity contribution is -0.393. The molecule has 0 aliphatic heterocycles. The van der Waals surface area contributed by atoms with E-state index >= 15 is 0 Å². The molecule has 0 aliphatic carbocycles. The molecule has 0 spiro atoms. The van der Waals surface area contributed by atoms with Crippen molar-refractivity contribution in [2.75, 3.05) is 11.9 Å². The van der Waals surface area contributed by atoms with Crippen LogP contribution in [-0.2, 0) is 6.42 Å². The molecular formula is C13H12N4O4. The maximum Gasteiger partial charge on any atom is 0.299 e. The first kappa shape index (κ1) is 14.4. The van der Waals surface area contributed by atoms with E-state index in [1.807, 2.05) is 12.1 Å². The van der Waals surface area contributed by atoms with Gasteiger partial charge < -0.3 is 5.32 Å². The Kier molecular flexibility index (Phi) is 4.39. The molecule has 0 atom stereocenters. The summed E-state index contributed by atoms with van der Waals surface area (Å²) >= 11 is 0. The number of aromatic nitrogens is 1. The first-order chi connectivity index (χ1) is 10.1. The first-order valence-corrected chi connectivity index (χ1v) is 6.13. The van der Waals surface area contributed by atoms with Crippen LogP contribution in [0.15, 0.2) is 42.7 Å². The molecule has 0 bridgehead atoms. The SMILES string of the molecule is O=[N+]([O-])c1ccc(NCCc2cccnc2)c([N+](=O)[O-])c1. The van der Waals surface area contributed by atoms with Gasteiger partial charge in [0.1, 0.15) is 5.69 Å². The van der Waals surface area contributed by atoms with E-state index in [-0.39, 0.29) is 17.1 Å². The Morgan fingerprint density at radius 3 is 2.57 bits per heavy atom. The molecule has 0 unspecified atom stereocenters. The molecule has 8 nitrogen and oxygen atoms in total. The lowest BCUT2D eigenvalue weighted by atomic mass is 10.2. The molecule has 108 valence electrons. The predicted octanol–water partition coefficient (Wildman–Crippen LogP) is 2.55. The molecular weight excluding hydrogens is 276 g/mol. The summed E-state index contributed by atoms with van der Waals surface area (Å²) in [6.45, 7) is 0.463. The molecule has 8 heteroatoms. The Bertz CT molecular complexity index is 660. The zero-order valence-corrected chi connectivity index (χ0v) is 10.9. The molecule has 2 rings (SSSR count). The molecule has 21 heavy (non-hydrogen) atoms. The third-order valence-corrected chi connectivity index (χ3v) is 2.84. The Labute approximate surface area is 119 Å². The van der Waals surface area contributed by atoms with E-state index in [0.717, 1.165) is 11.6 Å². The number of benzene rings is 1. The number of hydrogen-bond acceptors (Lipinski definition) is 6. The van der Waals surface area contributed by atoms with E-state index in [2.05, 4.69) is 10.3 Å². The molecule has 2 aromatic rings. The quantitative estimate of drug-likeness (QED) is 0.645. The molecule has 1 heterocycles. The highest BCUT2D eigenvalue weighted by atomic mass is 16.6. The summed E-state index contributed by atoms with van der Waals surface area (Å²) in [5.74, 6) is 0. The second-order valence-electron chi connectivity index (χ2n) is 4.25. The van der Waals surface area contributed by atoms with Crippen LogP contribution in [-0.4, -0.2) is 21.4 Å². The van der Waals surface area contributed by atoms with Crippen LogP contribution in [0.2, 0.25) is 0 Å². The molecule has 1 aromatic carbocycles. The average molecular weight is 288 g/mol. The number of anilines is 1. The molecule has 0 amide bonds. The summed E-state index contributed by atoms with van der Waals surface area (Å²) < 4.78 is 0. The van der Waals surface area contributed by atoms with E-state index in [9.17, 15) is 20.2 Å². The normalized spacial score (nSPS) is 10.1. The van der Waals surface area contributed by atoms with Crippen molar-refractivity contribution in [3.63, 3.8) is 0 Å². The van der Waals surface area contributed by atoms with Crippen LogP contribution in [0.25, 0.3) is 0 Å². The van der Waals surface area contributed by atoms with Crippen LogP contribution >= 0.6 is 0 Å². The number of pyridine rings is 1. The van der Waals surface area contributed by atoms with Crippen LogP contribution in [0.5, 0.6) is 0 Å². The summed E-state index contributed by atoms with van der Waals surface area (Å²) in [7, 11) is 0. The second-order valence-corrected chi connectivity index (χ2v) is 4.25. The van der Waals surface area contributed by atoms with Crippen molar-refractivity contribution in [3.05, 3.63) is 68.5 Å². The van der Waals surface area contributed by atoms with Crippen LogP contribution < -0.4 is 5.32 Å². The fourth-order valence-corrected chi connectivity index (χ4v) is 1.82. The van der Waals surface area contributed by atoms with E-state index < -0.39 is 9.85 Å². The Balaban J connectivity index is 2.09. The largest absolute Gasteiger partial charge is 0.379 e. The van der Waals surface area contributed by atoms with Gasteiger partial charge >= 0.3 is 0 Å². The van der Waals surface area contributed by atoms with Crippen molar-refractivity contribution in [1.82, 2.24) is 4.98 Å². The molecule has 0 aliphatic rings. The van der Waals surface area contributed by atoms with Crippen LogP contribution in [0.4, 0.5) is 17.1 Å². The number of nitrogens with zero attached hydrogens (tertiary/aromatic N) is 3. The van der Waals surface area contributed by atoms with Crippen LogP contribution in [0.1, 0.15) is 5.56 Å². The number of hydrogen-bond donors (Lipinski definition) is 1. The standard InChI is InChI=1S/C13H12N4O4/c18-16(19)11-3-4-12(13(8-11)17(20)21)15-7-5-10-2-1-6-14-9-10/h1-4,6,8-9,15H,5,7H2. The van der Waals surface area contributed by atoms with E-state index in [0.29, 0.717) is 13.0 Å². The third kappa shape index (κ3) is 3.72. The number of non-ortho nitro benzene ring substituents is 1. The minimum atomic E-state index is -0.660. The zero-order chi connectivity index (χ0) is 15.2. The topological polar surface area (TPSA) is 111 Å². The molecule has 1 N–H and O–H groups in total. The first-order valence-electron chi connectivity index (χ1n) is 6.13. The second kappa shape index (κ2) is 6.42. The van der Waals surface area contributed by atoms with Gasteiger partial charge in [0.25, 0.3) is 11.4 Å². The molecule has 0 saturated heterocycles. The van der Waals surface area contributed by atoms with Crippen molar-refractivity contribution in [2.45, 2.75) is 6.42 Å². The number of nitro benzene ring substituents is 2. The van der Waals surface area contributed by atoms with E-state index in [1.165, 1.54) is 12.1 Å². The van der Waals surface area contributed by atoms with Gasteiger partial charge in [0.2, 0.25) is 0 Å². The molecule has 0 radical (unpaired) electrons. The number of nitrogens with one attached hydrogen (secondary N) is 1. The van der Waals surface area contributed by atoms with Gasteiger partial charge in [0.05, 0.1) is 15.9 Å². The van der Waals surface area contributed by atoms with E-state index in [4.69, 9.17) is 0 Å². The van der Waals surface area contributed by atoms with Gasteiger partial charge in [0, 0.05) is 25.0 Å². The van der Waals surface area contributed by atoms with Gasteiger partial charge in [-0.1, -0.05) is 6.07 Å². The van der Waals surface area contributed by atoms with Crippen molar-refractivity contribution >= 4 is 17.1 Å². The highest BCUT2D eigenvalue weighted by molar-refractivity contribution is 5.65. The Morgan fingerprint density at radius 2 is 1.95 bits per heavy atom.